The molecule has 2 aromatic carbocycles. The number of ether oxygens (including phenoxy) is 2. The fourth-order valence-electron chi connectivity index (χ4n) is 3.30. The standard InChI is InChI=1S/C24H30FN5O2/c1-5-26-24(28-17(2)22-16-21(31-3)10-11-23(22)32-4)27-14-12-19-13-15-30(29-19)20-8-6-18(25)7-9-20/h6-11,13,15-17H,5,12,14H2,1-4H3,(H2,26,27,28). The second kappa shape index (κ2) is 11.2. The number of methoxy groups -OCH3 is 2. The van der Waals surface area contributed by atoms with Crippen molar-refractivity contribution in [2.75, 3.05) is 27.3 Å². The molecule has 8 heteroatoms. The van der Waals surface area contributed by atoms with Gasteiger partial charge in [-0.25, -0.2) is 9.07 Å². The van der Waals surface area contributed by atoms with E-state index in [4.69, 9.17) is 9.47 Å². The van der Waals surface area contributed by atoms with Crippen molar-refractivity contribution in [2.24, 2.45) is 4.99 Å². The summed E-state index contributed by atoms with van der Waals surface area (Å²) in [6.45, 7) is 5.39. The van der Waals surface area contributed by atoms with Gasteiger partial charge in [0.1, 0.15) is 17.3 Å². The van der Waals surface area contributed by atoms with Crippen LogP contribution in [0.15, 0.2) is 59.7 Å². The summed E-state index contributed by atoms with van der Waals surface area (Å²) in [5.74, 6) is 2.00. The van der Waals surface area contributed by atoms with Crippen LogP contribution in [-0.2, 0) is 6.42 Å². The van der Waals surface area contributed by atoms with E-state index in [1.54, 1.807) is 31.0 Å². The molecule has 3 aromatic rings. The van der Waals surface area contributed by atoms with Crippen molar-refractivity contribution in [1.82, 2.24) is 20.4 Å². The van der Waals surface area contributed by atoms with Crippen molar-refractivity contribution in [1.29, 1.82) is 0 Å². The predicted molar refractivity (Wildman–Crippen MR) is 124 cm³/mol. The molecule has 0 fully saturated rings. The van der Waals surface area contributed by atoms with E-state index >= 15 is 0 Å². The van der Waals surface area contributed by atoms with E-state index in [0.29, 0.717) is 18.9 Å². The van der Waals surface area contributed by atoms with Gasteiger partial charge in [0.2, 0.25) is 0 Å². The van der Waals surface area contributed by atoms with Crippen molar-refractivity contribution in [3.8, 4) is 17.2 Å². The average molecular weight is 440 g/mol. The van der Waals surface area contributed by atoms with Gasteiger partial charge in [-0.15, -0.1) is 0 Å². The second-order valence-corrected chi connectivity index (χ2v) is 7.21. The van der Waals surface area contributed by atoms with Crippen LogP contribution in [0.3, 0.4) is 0 Å². The van der Waals surface area contributed by atoms with Crippen molar-refractivity contribution in [2.45, 2.75) is 26.3 Å². The van der Waals surface area contributed by atoms with E-state index in [0.717, 1.165) is 35.0 Å². The molecule has 0 aliphatic heterocycles. The number of benzene rings is 2. The molecule has 170 valence electrons. The van der Waals surface area contributed by atoms with Crippen molar-refractivity contribution in [3.05, 3.63) is 71.8 Å². The molecule has 0 aliphatic rings. The van der Waals surface area contributed by atoms with Crippen LogP contribution in [0.4, 0.5) is 4.39 Å². The van der Waals surface area contributed by atoms with Gasteiger partial charge in [-0.05, 0) is 62.4 Å². The van der Waals surface area contributed by atoms with Gasteiger partial charge in [-0.3, -0.25) is 4.99 Å². The Balaban J connectivity index is 1.65. The molecule has 0 amide bonds. The van der Waals surface area contributed by atoms with Gasteiger partial charge in [0.15, 0.2) is 5.96 Å². The third-order valence-electron chi connectivity index (χ3n) is 4.97. The number of aromatic nitrogens is 2. The van der Waals surface area contributed by atoms with E-state index in [1.807, 2.05) is 37.4 Å². The lowest BCUT2D eigenvalue weighted by Crippen LogP contribution is -2.39. The van der Waals surface area contributed by atoms with Gasteiger partial charge in [-0.2, -0.15) is 5.10 Å². The van der Waals surface area contributed by atoms with Crippen LogP contribution >= 0.6 is 0 Å². The first-order chi connectivity index (χ1) is 15.5. The van der Waals surface area contributed by atoms with Crippen molar-refractivity contribution < 1.29 is 13.9 Å². The lowest BCUT2D eigenvalue weighted by atomic mass is 10.1. The van der Waals surface area contributed by atoms with Crippen LogP contribution in [0.1, 0.15) is 31.1 Å². The number of rotatable bonds is 9. The van der Waals surface area contributed by atoms with E-state index < -0.39 is 0 Å². The lowest BCUT2D eigenvalue weighted by Gasteiger charge is -2.20. The van der Waals surface area contributed by atoms with Gasteiger partial charge in [0.05, 0.1) is 31.6 Å². The second-order valence-electron chi connectivity index (χ2n) is 7.21. The molecule has 7 nitrogen and oxygen atoms in total. The van der Waals surface area contributed by atoms with Crippen LogP contribution in [0, 0.1) is 5.82 Å². The summed E-state index contributed by atoms with van der Waals surface area (Å²) in [4.78, 5) is 4.69. The van der Waals surface area contributed by atoms with Crippen LogP contribution in [0.2, 0.25) is 0 Å². The maximum Gasteiger partial charge on any atom is 0.191 e. The highest BCUT2D eigenvalue weighted by Gasteiger charge is 2.14. The average Bonchev–Trinajstić information content (AvgIpc) is 3.28. The molecule has 1 atom stereocenters. The predicted octanol–water partition coefficient (Wildman–Crippen LogP) is 3.89. The molecule has 0 saturated heterocycles. The van der Waals surface area contributed by atoms with Gasteiger partial charge in [0, 0.05) is 31.3 Å². The Bertz CT molecular complexity index is 1030. The molecule has 0 spiro atoms. The van der Waals surface area contributed by atoms with Gasteiger partial charge in [0.25, 0.3) is 0 Å². The smallest absolute Gasteiger partial charge is 0.191 e. The summed E-state index contributed by atoms with van der Waals surface area (Å²) in [6, 6.07) is 13.9. The molecule has 0 bridgehead atoms. The zero-order valence-electron chi connectivity index (χ0n) is 18.9. The topological polar surface area (TPSA) is 72.7 Å². The summed E-state index contributed by atoms with van der Waals surface area (Å²) >= 11 is 0. The maximum absolute atomic E-state index is 13.1. The monoisotopic (exact) mass is 439 g/mol. The third-order valence-corrected chi connectivity index (χ3v) is 4.97. The molecule has 0 aliphatic carbocycles. The zero-order valence-corrected chi connectivity index (χ0v) is 18.9. The SMILES string of the molecule is CCNC(=NCCc1ccn(-c2ccc(F)cc2)n1)NC(C)c1cc(OC)ccc1OC. The van der Waals surface area contributed by atoms with Crippen LogP contribution in [-0.4, -0.2) is 43.0 Å². The minimum atomic E-state index is -0.264. The Hall–Kier alpha value is -3.55. The molecule has 3 rings (SSSR count). The maximum atomic E-state index is 13.1. The Morgan fingerprint density at radius 1 is 1.12 bits per heavy atom. The Labute approximate surface area is 188 Å². The molecule has 0 saturated carbocycles. The number of nitrogens with one attached hydrogen (secondary N) is 2. The lowest BCUT2D eigenvalue weighted by molar-refractivity contribution is 0.394. The molecule has 1 aromatic heterocycles. The summed E-state index contributed by atoms with van der Waals surface area (Å²) in [5.41, 5.74) is 2.71. The number of guanidine groups is 1. The molecule has 32 heavy (non-hydrogen) atoms. The highest BCUT2D eigenvalue weighted by atomic mass is 19.1. The molecule has 2 N–H and O–H groups in total. The van der Waals surface area contributed by atoms with Crippen molar-refractivity contribution in [3.63, 3.8) is 0 Å². The first-order valence-electron chi connectivity index (χ1n) is 10.6. The van der Waals surface area contributed by atoms with Crippen LogP contribution < -0.4 is 20.1 Å². The van der Waals surface area contributed by atoms with Crippen molar-refractivity contribution >= 4 is 5.96 Å². The summed E-state index contributed by atoms with van der Waals surface area (Å²) in [6.07, 6.45) is 2.55. The van der Waals surface area contributed by atoms with Crippen LogP contribution in [0.25, 0.3) is 5.69 Å². The first kappa shape index (κ1) is 23.1. The quantitative estimate of drug-likeness (QED) is 0.391. The van der Waals surface area contributed by atoms with E-state index in [2.05, 4.69) is 27.6 Å². The van der Waals surface area contributed by atoms with Gasteiger partial charge in [-0.1, -0.05) is 0 Å². The fraction of sp³-hybridized carbons (Fsp3) is 0.333. The van der Waals surface area contributed by atoms with E-state index in [-0.39, 0.29) is 11.9 Å². The molecule has 1 heterocycles. The van der Waals surface area contributed by atoms with E-state index in [1.165, 1.54) is 12.1 Å². The number of hydrogen-bond acceptors (Lipinski definition) is 4. The Morgan fingerprint density at radius 3 is 2.59 bits per heavy atom. The third kappa shape index (κ3) is 6.00. The minimum absolute atomic E-state index is 0.0458. The molecular formula is C24H30FN5O2. The van der Waals surface area contributed by atoms with E-state index in [9.17, 15) is 4.39 Å². The number of hydrogen-bond donors (Lipinski definition) is 2. The Kier molecular flexibility index (Phi) is 8.08. The van der Waals surface area contributed by atoms with Gasteiger partial charge < -0.3 is 20.1 Å². The van der Waals surface area contributed by atoms with Gasteiger partial charge >= 0.3 is 0 Å². The largest absolute Gasteiger partial charge is 0.497 e. The molecular weight excluding hydrogens is 409 g/mol. The number of nitrogens with zero attached hydrogens (tertiary/aromatic N) is 3. The highest BCUT2D eigenvalue weighted by Crippen LogP contribution is 2.29. The van der Waals surface area contributed by atoms with Crippen LogP contribution in [0.5, 0.6) is 11.5 Å². The minimum Gasteiger partial charge on any atom is -0.497 e. The molecule has 1 unspecified atom stereocenters. The zero-order chi connectivity index (χ0) is 22.9. The normalized spacial score (nSPS) is 12.3. The fourth-order valence-corrected chi connectivity index (χ4v) is 3.30. The highest BCUT2D eigenvalue weighted by molar-refractivity contribution is 5.80. The molecule has 0 radical (unpaired) electrons. The summed E-state index contributed by atoms with van der Waals surface area (Å²) in [5, 5.41) is 11.3. The number of halogens is 1. The number of aliphatic imine (C=N–C) groups is 1. The summed E-state index contributed by atoms with van der Waals surface area (Å²) in [7, 11) is 3.30. The first-order valence-corrected chi connectivity index (χ1v) is 10.6. The Morgan fingerprint density at radius 2 is 1.91 bits per heavy atom. The summed E-state index contributed by atoms with van der Waals surface area (Å²) < 4.78 is 25.7.